The molecule has 0 saturated heterocycles. The van der Waals surface area contributed by atoms with Crippen molar-refractivity contribution in [3.8, 4) is 5.75 Å². The highest BCUT2D eigenvalue weighted by Gasteiger charge is 2.22. The van der Waals surface area contributed by atoms with Gasteiger partial charge >= 0.3 is 0 Å². The molecule has 0 unspecified atom stereocenters. The smallest absolute Gasteiger partial charge is 0.118 e. The lowest BCUT2D eigenvalue weighted by molar-refractivity contribution is 0.415. The SMILES string of the molecule is COc1ccc(C(=S)N2CCc3ccccc32)cc1. The summed E-state index contributed by atoms with van der Waals surface area (Å²) in [5.41, 5.74) is 3.68. The largest absolute Gasteiger partial charge is 0.497 e. The normalized spacial score (nSPS) is 13.2. The summed E-state index contributed by atoms with van der Waals surface area (Å²) < 4.78 is 5.17. The van der Waals surface area contributed by atoms with E-state index in [4.69, 9.17) is 17.0 Å². The molecule has 2 nitrogen and oxygen atoms in total. The molecule has 0 spiro atoms. The van der Waals surface area contributed by atoms with Crippen LogP contribution >= 0.6 is 12.2 Å². The molecule has 96 valence electrons. The van der Waals surface area contributed by atoms with Gasteiger partial charge in [0, 0.05) is 17.8 Å². The van der Waals surface area contributed by atoms with Gasteiger partial charge in [0.15, 0.2) is 0 Å². The first-order valence-electron chi connectivity index (χ1n) is 6.33. The van der Waals surface area contributed by atoms with Gasteiger partial charge in [0.1, 0.15) is 10.7 Å². The van der Waals surface area contributed by atoms with Crippen molar-refractivity contribution in [1.82, 2.24) is 0 Å². The molecule has 3 heteroatoms. The molecule has 0 aliphatic carbocycles. The van der Waals surface area contributed by atoms with Crippen LogP contribution in [0.2, 0.25) is 0 Å². The first kappa shape index (κ1) is 12.2. The standard InChI is InChI=1S/C16H15NOS/c1-18-14-8-6-13(7-9-14)16(19)17-11-10-12-4-2-3-5-15(12)17/h2-9H,10-11H2,1H3. The summed E-state index contributed by atoms with van der Waals surface area (Å²) in [4.78, 5) is 3.10. The van der Waals surface area contributed by atoms with Crippen molar-refractivity contribution in [1.29, 1.82) is 0 Å². The van der Waals surface area contributed by atoms with Crippen molar-refractivity contribution in [2.75, 3.05) is 18.6 Å². The maximum absolute atomic E-state index is 5.62. The van der Waals surface area contributed by atoms with E-state index in [0.29, 0.717) is 0 Å². The number of fused-ring (bicyclic) bond motifs is 1. The molecule has 0 fully saturated rings. The third-order valence-electron chi connectivity index (χ3n) is 3.47. The Hall–Kier alpha value is -1.87. The molecule has 1 aliphatic heterocycles. The number of hydrogen-bond acceptors (Lipinski definition) is 2. The highest BCUT2D eigenvalue weighted by atomic mass is 32.1. The molecule has 0 radical (unpaired) electrons. The van der Waals surface area contributed by atoms with Gasteiger partial charge in [-0.2, -0.15) is 0 Å². The van der Waals surface area contributed by atoms with Crippen molar-refractivity contribution < 1.29 is 4.74 Å². The molecular weight excluding hydrogens is 254 g/mol. The van der Waals surface area contributed by atoms with Gasteiger partial charge in [0.05, 0.1) is 7.11 Å². The zero-order valence-corrected chi connectivity index (χ0v) is 11.6. The maximum Gasteiger partial charge on any atom is 0.118 e. The zero-order chi connectivity index (χ0) is 13.2. The third-order valence-corrected chi connectivity index (χ3v) is 3.93. The van der Waals surface area contributed by atoms with Crippen LogP contribution in [0.3, 0.4) is 0 Å². The molecule has 2 aromatic carbocycles. The quantitative estimate of drug-likeness (QED) is 0.775. The van der Waals surface area contributed by atoms with E-state index in [1.165, 1.54) is 11.3 Å². The van der Waals surface area contributed by atoms with Gasteiger partial charge in [-0.25, -0.2) is 0 Å². The number of hydrogen-bond donors (Lipinski definition) is 0. The van der Waals surface area contributed by atoms with Crippen LogP contribution in [0.4, 0.5) is 5.69 Å². The molecule has 2 aromatic rings. The molecular formula is C16H15NOS. The van der Waals surface area contributed by atoms with Gasteiger partial charge in [-0.05, 0) is 42.3 Å². The summed E-state index contributed by atoms with van der Waals surface area (Å²) in [6.07, 6.45) is 1.06. The van der Waals surface area contributed by atoms with Gasteiger partial charge in [-0.15, -0.1) is 0 Å². The van der Waals surface area contributed by atoms with Crippen LogP contribution in [0, 0.1) is 0 Å². The predicted molar refractivity (Wildman–Crippen MR) is 82.2 cm³/mol. The first-order valence-corrected chi connectivity index (χ1v) is 6.74. The maximum atomic E-state index is 5.62. The summed E-state index contributed by atoms with van der Waals surface area (Å²) >= 11 is 5.62. The molecule has 3 rings (SSSR count). The predicted octanol–water partition coefficient (Wildman–Crippen LogP) is 3.43. The number of methoxy groups -OCH3 is 1. The van der Waals surface area contributed by atoms with E-state index in [1.807, 2.05) is 24.3 Å². The number of rotatable bonds is 2. The van der Waals surface area contributed by atoms with E-state index in [-0.39, 0.29) is 0 Å². The molecule has 1 heterocycles. The van der Waals surface area contributed by atoms with Crippen LogP contribution in [-0.2, 0) is 6.42 Å². The van der Waals surface area contributed by atoms with E-state index < -0.39 is 0 Å². The summed E-state index contributed by atoms with van der Waals surface area (Å²) in [6.45, 7) is 0.963. The van der Waals surface area contributed by atoms with Crippen LogP contribution in [0.1, 0.15) is 11.1 Å². The lowest BCUT2D eigenvalue weighted by Gasteiger charge is -2.20. The number of benzene rings is 2. The Bertz CT molecular complexity index is 606. The second kappa shape index (κ2) is 5.02. The minimum Gasteiger partial charge on any atom is -0.497 e. The van der Waals surface area contributed by atoms with Crippen molar-refractivity contribution in [2.45, 2.75) is 6.42 Å². The van der Waals surface area contributed by atoms with Gasteiger partial charge in [-0.3, -0.25) is 0 Å². The molecule has 0 N–H and O–H groups in total. The zero-order valence-electron chi connectivity index (χ0n) is 10.8. The Balaban J connectivity index is 1.89. The highest BCUT2D eigenvalue weighted by molar-refractivity contribution is 7.81. The summed E-state index contributed by atoms with van der Waals surface area (Å²) in [5.74, 6) is 0.855. The first-order chi connectivity index (χ1) is 9.29. The molecule has 0 amide bonds. The molecule has 1 aliphatic rings. The van der Waals surface area contributed by atoms with Crippen LogP contribution < -0.4 is 9.64 Å². The molecule has 0 aromatic heterocycles. The number of nitrogens with zero attached hydrogens (tertiary/aromatic N) is 1. The number of para-hydroxylation sites is 1. The van der Waals surface area contributed by atoms with Gasteiger partial charge < -0.3 is 9.64 Å². The number of anilines is 1. The minimum atomic E-state index is 0.855. The topological polar surface area (TPSA) is 12.5 Å². The Labute approximate surface area is 118 Å². The lowest BCUT2D eigenvalue weighted by atomic mass is 10.1. The van der Waals surface area contributed by atoms with Crippen LogP contribution in [0.25, 0.3) is 0 Å². The summed E-state index contributed by atoms with van der Waals surface area (Å²) in [7, 11) is 1.67. The van der Waals surface area contributed by atoms with E-state index >= 15 is 0 Å². The Morgan fingerprint density at radius 2 is 1.84 bits per heavy atom. The van der Waals surface area contributed by atoms with E-state index in [9.17, 15) is 0 Å². The molecule has 19 heavy (non-hydrogen) atoms. The van der Waals surface area contributed by atoms with Crippen molar-refractivity contribution in [3.05, 3.63) is 59.7 Å². The average Bonchev–Trinajstić information content (AvgIpc) is 2.90. The highest BCUT2D eigenvalue weighted by Crippen LogP contribution is 2.29. The van der Waals surface area contributed by atoms with Gasteiger partial charge in [0.2, 0.25) is 0 Å². The Morgan fingerprint density at radius 1 is 1.11 bits per heavy atom. The van der Waals surface area contributed by atoms with Crippen LogP contribution in [-0.4, -0.2) is 18.6 Å². The van der Waals surface area contributed by atoms with E-state index in [0.717, 1.165) is 29.3 Å². The van der Waals surface area contributed by atoms with Gasteiger partial charge in [0.25, 0.3) is 0 Å². The summed E-state index contributed by atoms with van der Waals surface area (Å²) in [6, 6.07) is 16.4. The monoisotopic (exact) mass is 269 g/mol. The fourth-order valence-electron chi connectivity index (χ4n) is 2.44. The van der Waals surface area contributed by atoms with Gasteiger partial charge in [-0.1, -0.05) is 30.4 Å². The lowest BCUT2D eigenvalue weighted by Crippen LogP contribution is -2.27. The Kier molecular flexibility index (Phi) is 3.22. The van der Waals surface area contributed by atoms with E-state index in [2.05, 4.69) is 29.2 Å². The van der Waals surface area contributed by atoms with E-state index in [1.54, 1.807) is 7.11 Å². The van der Waals surface area contributed by atoms with Crippen LogP contribution in [0.5, 0.6) is 5.75 Å². The second-order valence-electron chi connectivity index (χ2n) is 4.56. The number of ether oxygens (including phenoxy) is 1. The average molecular weight is 269 g/mol. The molecule has 0 saturated carbocycles. The summed E-state index contributed by atoms with van der Waals surface area (Å²) in [5, 5.41) is 0. The second-order valence-corrected chi connectivity index (χ2v) is 4.95. The van der Waals surface area contributed by atoms with Crippen molar-refractivity contribution in [2.24, 2.45) is 0 Å². The van der Waals surface area contributed by atoms with Crippen molar-refractivity contribution >= 4 is 22.9 Å². The molecule has 0 atom stereocenters. The van der Waals surface area contributed by atoms with Crippen molar-refractivity contribution in [3.63, 3.8) is 0 Å². The minimum absolute atomic E-state index is 0.855. The Morgan fingerprint density at radius 3 is 2.58 bits per heavy atom. The fraction of sp³-hybridized carbons (Fsp3) is 0.188. The molecule has 0 bridgehead atoms. The third kappa shape index (κ3) is 2.22. The van der Waals surface area contributed by atoms with Crippen LogP contribution in [0.15, 0.2) is 48.5 Å². The number of thiocarbonyl (C=S) groups is 1. The fourth-order valence-corrected chi connectivity index (χ4v) is 2.76.